The number of aromatic nitrogens is 2. The van der Waals surface area contributed by atoms with Crippen LogP contribution in [0.2, 0.25) is 0 Å². The highest BCUT2D eigenvalue weighted by molar-refractivity contribution is 5.92. The molecule has 0 aliphatic rings. The lowest BCUT2D eigenvalue weighted by atomic mass is 10.4. The molecule has 0 spiro atoms. The maximum atomic E-state index is 11.7. The lowest BCUT2D eigenvalue weighted by molar-refractivity contribution is 0.0948. The molecule has 0 bridgehead atoms. The van der Waals surface area contributed by atoms with E-state index in [2.05, 4.69) is 22.7 Å². The summed E-state index contributed by atoms with van der Waals surface area (Å²) in [6, 6.07) is 2.03. The van der Waals surface area contributed by atoms with Gasteiger partial charge in [-0.2, -0.15) is 5.10 Å². The number of nitrogens with zero attached hydrogens (tertiary/aromatic N) is 2. The van der Waals surface area contributed by atoms with Crippen LogP contribution in [0.4, 0.5) is 0 Å². The second-order valence-corrected chi connectivity index (χ2v) is 4.28. The van der Waals surface area contributed by atoms with E-state index in [9.17, 15) is 4.79 Å². The van der Waals surface area contributed by atoms with Gasteiger partial charge in [-0.25, -0.2) is 0 Å². The van der Waals surface area contributed by atoms with Crippen molar-refractivity contribution in [2.24, 2.45) is 0 Å². The molecular weight excluding hydrogens is 252 g/mol. The minimum absolute atomic E-state index is 0. The third-order valence-electron chi connectivity index (χ3n) is 2.38. The summed E-state index contributed by atoms with van der Waals surface area (Å²) < 4.78 is 1.78. The molecule has 0 aliphatic carbocycles. The summed E-state index contributed by atoms with van der Waals surface area (Å²) in [7, 11) is 0. The zero-order valence-electron chi connectivity index (χ0n) is 11.3. The number of carbonyl (C=O) groups excluding carboxylic acids is 1. The van der Waals surface area contributed by atoms with E-state index < -0.39 is 0 Å². The summed E-state index contributed by atoms with van der Waals surface area (Å²) in [5.41, 5.74) is 0.481. The molecule has 0 atom stereocenters. The predicted molar refractivity (Wildman–Crippen MR) is 75.4 cm³/mol. The molecule has 0 fully saturated rings. The summed E-state index contributed by atoms with van der Waals surface area (Å²) in [6.45, 7) is 8.59. The van der Waals surface area contributed by atoms with Crippen molar-refractivity contribution in [2.75, 3.05) is 19.6 Å². The quantitative estimate of drug-likeness (QED) is 0.743. The molecule has 0 unspecified atom stereocenters. The molecule has 0 aliphatic heterocycles. The lowest BCUT2D eigenvalue weighted by Gasteiger charge is -2.05. The minimum Gasteiger partial charge on any atom is -0.349 e. The first-order chi connectivity index (χ1) is 8.15. The van der Waals surface area contributed by atoms with E-state index in [-0.39, 0.29) is 24.4 Å². The fraction of sp³-hybridized carbons (Fsp3) is 0.667. The number of hydrogen-bond donors (Lipinski definition) is 2. The van der Waals surface area contributed by atoms with Crippen LogP contribution in [0, 0.1) is 0 Å². The highest BCUT2D eigenvalue weighted by Gasteiger charge is 2.09. The Kier molecular flexibility index (Phi) is 8.41. The SMILES string of the molecule is CCCNCCNC(=O)c1ccn(C(C)C)n1.Cl. The molecule has 0 saturated heterocycles. The smallest absolute Gasteiger partial charge is 0.271 e. The summed E-state index contributed by atoms with van der Waals surface area (Å²) in [4.78, 5) is 11.7. The van der Waals surface area contributed by atoms with Crippen LogP contribution in [-0.2, 0) is 0 Å². The molecule has 1 aromatic heterocycles. The molecule has 0 radical (unpaired) electrons. The van der Waals surface area contributed by atoms with Gasteiger partial charge in [0.05, 0.1) is 0 Å². The third-order valence-corrected chi connectivity index (χ3v) is 2.38. The molecule has 1 aromatic rings. The third kappa shape index (κ3) is 5.51. The highest BCUT2D eigenvalue weighted by Crippen LogP contribution is 2.03. The van der Waals surface area contributed by atoms with Gasteiger partial charge in [0.25, 0.3) is 5.91 Å². The zero-order chi connectivity index (χ0) is 12.7. The molecule has 1 rings (SSSR count). The second-order valence-electron chi connectivity index (χ2n) is 4.28. The van der Waals surface area contributed by atoms with Crippen molar-refractivity contribution in [1.82, 2.24) is 20.4 Å². The monoisotopic (exact) mass is 274 g/mol. The van der Waals surface area contributed by atoms with Gasteiger partial charge in [-0.15, -0.1) is 12.4 Å². The van der Waals surface area contributed by atoms with Gasteiger partial charge in [-0.05, 0) is 32.9 Å². The fourth-order valence-corrected chi connectivity index (χ4v) is 1.40. The van der Waals surface area contributed by atoms with Crippen molar-refractivity contribution in [3.05, 3.63) is 18.0 Å². The first kappa shape index (κ1) is 16.9. The van der Waals surface area contributed by atoms with Crippen LogP contribution in [0.1, 0.15) is 43.7 Å². The van der Waals surface area contributed by atoms with Crippen LogP contribution in [0.25, 0.3) is 0 Å². The molecule has 5 nitrogen and oxygen atoms in total. The average Bonchev–Trinajstić information content (AvgIpc) is 2.78. The van der Waals surface area contributed by atoms with Gasteiger partial charge in [-0.1, -0.05) is 6.92 Å². The van der Waals surface area contributed by atoms with Gasteiger partial charge < -0.3 is 10.6 Å². The van der Waals surface area contributed by atoms with Crippen LogP contribution in [-0.4, -0.2) is 35.3 Å². The van der Waals surface area contributed by atoms with Crippen LogP contribution >= 0.6 is 12.4 Å². The Morgan fingerprint density at radius 2 is 2.11 bits per heavy atom. The summed E-state index contributed by atoms with van der Waals surface area (Å²) in [5.74, 6) is -0.109. The van der Waals surface area contributed by atoms with Crippen LogP contribution in [0.5, 0.6) is 0 Å². The molecule has 0 aromatic carbocycles. The Labute approximate surface area is 115 Å². The maximum Gasteiger partial charge on any atom is 0.271 e. The van der Waals surface area contributed by atoms with Gasteiger partial charge in [0, 0.05) is 25.3 Å². The van der Waals surface area contributed by atoms with Gasteiger partial charge in [-0.3, -0.25) is 9.48 Å². The van der Waals surface area contributed by atoms with Gasteiger partial charge in [0.2, 0.25) is 0 Å². The number of nitrogens with one attached hydrogen (secondary N) is 2. The topological polar surface area (TPSA) is 58.9 Å². The molecule has 1 amide bonds. The number of carbonyl (C=O) groups is 1. The van der Waals surface area contributed by atoms with Crippen molar-refractivity contribution < 1.29 is 4.79 Å². The molecular formula is C12H23ClN4O. The standard InChI is InChI=1S/C12H22N4O.ClH/c1-4-6-13-7-8-14-12(17)11-5-9-16(15-11)10(2)3;/h5,9-10,13H,4,6-8H2,1-3H3,(H,14,17);1H. The van der Waals surface area contributed by atoms with E-state index >= 15 is 0 Å². The second kappa shape index (κ2) is 8.94. The van der Waals surface area contributed by atoms with Gasteiger partial charge in [0.15, 0.2) is 0 Å². The normalized spacial score (nSPS) is 10.2. The van der Waals surface area contributed by atoms with Gasteiger partial charge >= 0.3 is 0 Å². The fourth-order valence-electron chi connectivity index (χ4n) is 1.40. The molecule has 18 heavy (non-hydrogen) atoms. The zero-order valence-corrected chi connectivity index (χ0v) is 12.1. The van der Waals surface area contributed by atoms with Gasteiger partial charge in [0.1, 0.15) is 5.69 Å². The largest absolute Gasteiger partial charge is 0.349 e. The Bertz CT molecular complexity index is 352. The first-order valence-corrected chi connectivity index (χ1v) is 6.19. The Morgan fingerprint density at radius 3 is 2.67 bits per heavy atom. The lowest BCUT2D eigenvalue weighted by Crippen LogP contribution is -2.32. The summed E-state index contributed by atoms with van der Waals surface area (Å²) >= 11 is 0. The van der Waals surface area contributed by atoms with Crippen molar-refractivity contribution in [1.29, 1.82) is 0 Å². The van der Waals surface area contributed by atoms with E-state index in [4.69, 9.17) is 0 Å². The minimum atomic E-state index is -0.109. The first-order valence-electron chi connectivity index (χ1n) is 6.19. The van der Waals surface area contributed by atoms with Crippen molar-refractivity contribution in [2.45, 2.75) is 33.2 Å². The molecule has 1 heterocycles. The summed E-state index contributed by atoms with van der Waals surface area (Å²) in [6.07, 6.45) is 2.93. The van der Waals surface area contributed by atoms with E-state index in [1.54, 1.807) is 10.7 Å². The Hall–Kier alpha value is -1.07. The molecule has 0 saturated carbocycles. The number of rotatable bonds is 7. The van der Waals surface area contributed by atoms with Crippen molar-refractivity contribution in [3.8, 4) is 0 Å². The van der Waals surface area contributed by atoms with Crippen LogP contribution in [0.15, 0.2) is 12.3 Å². The molecule has 104 valence electrons. The van der Waals surface area contributed by atoms with E-state index in [0.29, 0.717) is 12.2 Å². The summed E-state index contributed by atoms with van der Waals surface area (Å²) in [5, 5.41) is 10.3. The molecule has 2 N–H and O–H groups in total. The predicted octanol–water partition coefficient (Wildman–Crippen LogP) is 1.62. The van der Waals surface area contributed by atoms with E-state index in [0.717, 1.165) is 19.5 Å². The Morgan fingerprint density at radius 1 is 1.39 bits per heavy atom. The van der Waals surface area contributed by atoms with Crippen molar-refractivity contribution in [3.63, 3.8) is 0 Å². The number of amides is 1. The van der Waals surface area contributed by atoms with Crippen LogP contribution in [0.3, 0.4) is 0 Å². The van der Waals surface area contributed by atoms with Crippen LogP contribution < -0.4 is 10.6 Å². The maximum absolute atomic E-state index is 11.7. The van der Waals surface area contributed by atoms with E-state index in [1.807, 2.05) is 20.0 Å². The van der Waals surface area contributed by atoms with Crippen molar-refractivity contribution >= 4 is 18.3 Å². The van der Waals surface area contributed by atoms with E-state index in [1.165, 1.54) is 0 Å². The average molecular weight is 275 g/mol. The Balaban J connectivity index is 0.00000289. The molecule has 6 heteroatoms. The number of hydrogen-bond acceptors (Lipinski definition) is 3. The number of halogens is 1. The highest BCUT2D eigenvalue weighted by atomic mass is 35.5.